The maximum Gasteiger partial charge on any atom is 3.00 e. The zero-order chi connectivity index (χ0) is 2.71. The van der Waals surface area contributed by atoms with Crippen molar-refractivity contribution in [2.45, 2.75) is 0 Å². The molecule has 0 aromatic heterocycles. The molecule has 0 aromatic carbocycles. The molecule has 4 nitrogen and oxygen atoms in total. The normalized spacial score (nSPS) is 1.33. The van der Waals surface area contributed by atoms with Crippen molar-refractivity contribution in [3.8, 4) is 0 Å². The van der Waals surface area contributed by atoms with Gasteiger partial charge in [0, 0.05) is 0 Å². The zero-order valence-electron chi connectivity index (χ0n) is 2.75. The van der Waals surface area contributed by atoms with Gasteiger partial charge in [-0.05, 0) is 0 Å². The molecule has 0 aliphatic rings. The first kappa shape index (κ1) is 33.8. The van der Waals surface area contributed by atoms with E-state index in [-0.39, 0.29) is 28.3 Å². The van der Waals surface area contributed by atoms with Gasteiger partial charge in [0.05, 0.1) is 0 Å². The Morgan fingerprint density at radius 2 is 1.17 bits per heavy atom. The zero-order valence-corrected chi connectivity index (χ0v) is 4.90. The third-order valence-corrected chi connectivity index (χ3v) is 0. The van der Waals surface area contributed by atoms with Gasteiger partial charge < -0.3 is 11.0 Å². The van der Waals surface area contributed by atoms with Crippen LogP contribution in [-0.4, -0.2) is 32.1 Å². The van der Waals surface area contributed by atoms with Gasteiger partial charge in [0.15, 0.2) is 0 Å². The molecule has 0 saturated heterocycles. The van der Waals surface area contributed by atoms with E-state index in [4.69, 9.17) is 8.92 Å². The van der Waals surface area contributed by atoms with Crippen LogP contribution in [0.25, 0.3) is 0 Å². The van der Waals surface area contributed by atoms with E-state index in [0.717, 1.165) is 0 Å². The molecule has 0 amide bonds. The molecule has 6 heavy (non-hydrogen) atoms. The summed E-state index contributed by atoms with van der Waals surface area (Å²) in [4.78, 5) is 0. The quantitative estimate of drug-likeness (QED) is 0.372. The van der Waals surface area contributed by atoms with Gasteiger partial charge in [-0.2, -0.15) is 0 Å². The minimum atomic E-state index is -1.42. The smallest absolute Gasteiger partial charge is 2.00 e. The average Bonchev–Trinajstić information content (AvgIpc) is 0.918. The molecule has 0 bridgehead atoms. The number of hydrogen-bond acceptors (Lipinski definition) is 3. The molecule has 0 rings (SSSR count). The van der Waals surface area contributed by atoms with Crippen LogP contribution in [0.2, 0.25) is 0 Å². The second kappa shape index (κ2) is 59.6. The van der Waals surface area contributed by atoms with Crippen LogP contribution in [0.15, 0.2) is 0 Å². The first-order chi connectivity index (χ1) is 1.41. The van der Waals surface area contributed by atoms with Crippen LogP contribution in [0.5, 0.6) is 0 Å². The van der Waals surface area contributed by atoms with Gasteiger partial charge in [-0.25, -0.2) is 0 Å². The Kier molecular flexibility index (Phi) is 336. The third kappa shape index (κ3) is 629. The molecule has 0 aromatic rings. The SMILES string of the molecule is O=[Si]=O.[Al+3].[O-2].[OH-]. The fraction of sp³-hybridized carbons (Fsp3) is 0. The van der Waals surface area contributed by atoms with Crippen LogP contribution in [0.4, 0.5) is 0 Å². The van der Waals surface area contributed by atoms with E-state index in [1.54, 1.807) is 0 Å². The summed E-state index contributed by atoms with van der Waals surface area (Å²) in [6.45, 7) is 0. The molecule has 0 radical (unpaired) electrons. The Labute approximate surface area is 47.2 Å². The van der Waals surface area contributed by atoms with Crippen LogP contribution in [0.1, 0.15) is 0 Å². The predicted octanol–water partition coefficient (Wildman–Crippen LogP) is -1.29. The van der Waals surface area contributed by atoms with Crippen molar-refractivity contribution in [1.82, 2.24) is 0 Å². The van der Waals surface area contributed by atoms with Gasteiger partial charge in [0.25, 0.3) is 0 Å². The Balaban J connectivity index is -0.00000000667. The van der Waals surface area contributed by atoms with Gasteiger partial charge in [0.2, 0.25) is 0 Å². The molecule has 0 unspecified atom stereocenters. The van der Waals surface area contributed by atoms with Gasteiger partial charge in [-0.1, -0.05) is 0 Å². The second-order valence-corrected chi connectivity index (χ2v) is 0.250. The van der Waals surface area contributed by atoms with E-state index in [1.807, 2.05) is 0 Å². The maximum absolute atomic E-state index is 8.40. The van der Waals surface area contributed by atoms with Crippen molar-refractivity contribution in [3.63, 3.8) is 0 Å². The molecular formula is HAlO4Si. The van der Waals surface area contributed by atoms with Crippen LogP contribution >= 0.6 is 0 Å². The molecule has 0 aliphatic heterocycles. The maximum atomic E-state index is 8.40. The summed E-state index contributed by atoms with van der Waals surface area (Å²) in [5.74, 6) is 0. The molecular weight excluding hydrogens is 119 g/mol. The fourth-order valence-electron chi connectivity index (χ4n) is 0. The number of rotatable bonds is 0. The summed E-state index contributed by atoms with van der Waals surface area (Å²) in [6.07, 6.45) is 0. The first-order valence-corrected chi connectivity index (χ1v) is 1.22. The topological polar surface area (TPSA) is 92.6 Å². The van der Waals surface area contributed by atoms with Crippen LogP contribution in [0, 0.1) is 0 Å². The third-order valence-electron chi connectivity index (χ3n) is 0. The van der Waals surface area contributed by atoms with E-state index < -0.39 is 9.29 Å². The van der Waals surface area contributed by atoms with E-state index in [1.165, 1.54) is 0 Å². The molecule has 0 aliphatic carbocycles. The average molecular weight is 120 g/mol. The summed E-state index contributed by atoms with van der Waals surface area (Å²) in [5, 5.41) is 0. The van der Waals surface area contributed by atoms with Gasteiger partial charge in [-0.15, -0.1) is 0 Å². The number of hydrogen-bond donors (Lipinski definition) is 0. The van der Waals surface area contributed by atoms with Crippen molar-refractivity contribution < 1.29 is 19.9 Å². The summed E-state index contributed by atoms with van der Waals surface area (Å²) in [6, 6.07) is 0. The predicted molar refractivity (Wildman–Crippen MR) is 15.5 cm³/mol. The molecule has 0 spiro atoms. The van der Waals surface area contributed by atoms with E-state index in [2.05, 4.69) is 0 Å². The molecule has 0 atom stereocenters. The van der Waals surface area contributed by atoms with E-state index in [0.29, 0.717) is 0 Å². The monoisotopic (exact) mass is 120 g/mol. The largest absolute Gasteiger partial charge is 3.00 e. The summed E-state index contributed by atoms with van der Waals surface area (Å²) >= 11 is 0. The molecule has 1 N–H and O–H groups in total. The van der Waals surface area contributed by atoms with E-state index in [9.17, 15) is 0 Å². The van der Waals surface area contributed by atoms with Crippen molar-refractivity contribution in [1.29, 1.82) is 0 Å². The molecule has 32 valence electrons. The van der Waals surface area contributed by atoms with E-state index >= 15 is 0 Å². The van der Waals surface area contributed by atoms with Crippen molar-refractivity contribution in [2.75, 3.05) is 0 Å². The summed E-state index contributed by atoms with van der Waals surface area (Å²) < 4.78 is 16.8. The van der Waals surface area contributed by atoms with Crippen LogP contribution in [-0.2, 0) is 14.4 Å². The van der Waals surface area contributed by atoms with Crippen molar-refractivity contribution in [3.05, 3.63) is 0 Å². The summed E-state index contributed by atoms with van der Waals surface area (Å²) in [5.41, 5.74) is 0. The molecule has 0 saturated carbocycles. The van der Waals surface area contributed by atoms with Gasteiger partial charge in [0.1, 0.15) is 0 Å². The Bertz CT molecular complexity index is 28.5. The van der Waals surface area contributed by atoms with Gasteiger partial charge in [-0.3, -0.25) is 8.92 Å². The van der Waals surface area contributed by atoms with Crippen molar-refractivity contribution >= 4 is 26.7 Å². The van der Waals surface area contributed by atoms with Gasteiger partial charge >= 0.3 is 26.7 Å². The second-order valence-electron chi connectivity index (χ2n) is 0.0833. The minimum absolute atomic E-state index is 0. The molecule has 6 heteroatoms. The summed E-state index contributed by atoms with van der Waals surface area (Å²) in [7, 11) is -1.42. The molecule has 0 heterocycles. The van der Waals surface area contributed by atoms with Crippen LogP contribution in [0.3, 0.4) is 0 Å². The molecule has 0 fully saturated rings. The Morgan fingerprint density at radius 1 is 1.17 bits per heavy atom. The fourth-order valence-corrected chi connectivity index (χ4v) is 0. The van der Waals surface area contributed by atoms with Crippen LogP contribution < -0.4 is 0 Å². The first-order valence-electron chi connectivity index (χ1n) is 0.408. The Morgan fingerprint density at radius 3 is 1.17 bits per heavy atom. The minimum Gasteiger partial charge on any atom is -2.00 e. The standard InChI is InChI=1S/Al.O2Si.H2O.O/c;1-3-2;;/h;;1H2;/q+3;;;-2/p-1. The van der Waals surface area contributed by atoms with Crippen molar-refractivity contribution in [2.24, 2.45) is 0 Å². The Hall–Kier alpha value is 0.269.